The average Bonchev–Trinajstić information content (AvgIpc) is 2.59. The van der Waals surface area contributed by atoms with Crippen molar-refractivity contribution in [3.05, 3.63) is 70.8 Å². The van der Waals surface area contributed by atoms with Gasteiger partial charge in [0.15, 0.2) is 0 Å². The number of fused-ring (bicyclic) bond motifs is 1. The summed E-state index contributed by atoms with van der Waals surface area (Å²) >= 11 is 0. The van der Waals surface area contributed by atoms with E-state index in [0.717, 1.165) is 11.3 Å². The third-order valence-electron chi connectivity index (χ3n) is 3.39. The summed E-state index contributed by atoms with van der Waals surface area (Å²) in [5.74, 6) is 0.330. The molecular weight excluding hydrogens is 278 g/mol. The van der Waals surface area contributed by atoms with Gasteiger partial charge in [-0.25, -0.2) is 4.79 Å². The second-order valence-electron chi connectivity index (χ2n) is 4.84. The lowest BCUT2D eigenvalue weighted by Gasteiger charge is -2.17. The molecule has 4 nitrogen and oxygen atoms in total. The van der Waals surface area contributed by atoms with E-state index < -0.39 is 5.97 Å². The number of hydrogen-bond donors (Lipinski definition) is 0. The van der Waals surface area contributed by atoms with E-state index in [9.17, 15) is 4.79 Å². The summed E-state index contributed by atoms with van der Waals surface area (Å²) in [6, 6.07) is 16.6. The molecule has 0 radical (unpaired) electrons. The minimum atomic E-state index is -0.428. The van der Waals surface area contributed by atoms with Gasteiger partial charge in [-0.3, -0.25) is 0 Å². The maximum absolute atomic E-state index is 12.1. The molecule has 22 heavy (non-hydrogen) atoms. The lowest BCUT2D eigenvalue weighted by molar-refractivity contribution is -0.140. The second kappa shape index (κ2) is 6.15. The number of hydrogen-bond acceptors (Lipinski definition) is 4. The molecule has 0 spiro atoms. The summed E-state index contributed by atoms with van der Waals surface area (Å²) in [7, 11) is 0. The largest absolute Gasteiger partial charge is 0.488 e. The molecule has 1 aliphatic rings. The Hall–Kier alpha value is -3.06. The van der Waals surface area contributed by atoms with Crippen molar-refractivity contribution in [2.45, 2.75) is 6.61 Å². The first-order valence-electron chi connectivity index (χ1n) is 6.85. The van der Waals surface area contributed by atoms with Gasteiger partial charge in [0.25, 0.3) is 0 Å². The summed E-state index contributed by atoms with van der Waals surface area (Å²) in [6.45, 7) is 0.261. The molecule has 1 aliphatic heterocycles. The Morgan fingerprint density at radius 1 is 1.18 bits per heavy atom. The molecule has 0 N–H and O–H groups in total. The van der Waals surface area contributed by atoms with Gasteiger partial charge >= 0.3 is 5.97 Å². The van der Waals surface area contributed by atoms with Crippen molar-refractivity contribution in [3.8, 4) is 11.8 Å². The standard InChI is InChI=1S/C18H13NO3/c19-10-14-6-1-2-7-15(14)11-22-18(20)16-9-13-5-3-4-8-17(13)21-12-16/h1-9H,11-12H2. The number of benzene rings is 2. The van der Waals surface area contributed by atoms with Crippen molar-refractivity contribution in [1.29, 1.82) is 5.26 Å². The molecule has 0 unspecified atom stereocenters. The molecule has 2 aromatic rings. The smallest absolute Gasteiger partial charge is 0.337 e. The molecule has 3 rings (SSSR count). The van der Waals surface area contributed by atoms with Crippen LogP contribution in [-0.2, 0) is 16.1 Å². The zero-order valence-electron chi connectivity index (χ0n) is 11.8. The predicted octanol–water partition coefficient (Wildman–Crippen LogP) is 3.08. The first-order chi connectivity index (χ1) is 10.8. The fourth-order valence-electron chi connectivity index (χ4n) is 2.23. The van der Waals surface area contributed by atoms with Crippen molar-refractivity contribution in [1.82, 2.24) is 0 Å². The van der Waals surface area contributed by atoms with Crippen LogP contribution >= 0.6 is 0 Å². The van der Waals surface area contributed by atoms with Gasteiger partial charge in [-0.15, -0.1) is 0 Å². The van der Waals surface area contributed by atoms with Crippen molar-refractivity contribution in [2.24, 2.45) is 0 Å². The summed E-state index contributed by atoms with van der Waals surface area (Å²) in [4.78, 5) is 12.1. The fourth-order valence-corrected chi connectivity index (χ4v) is 2.23. The van der Waals surface area contributed by atoms with E-state index in [4.69, 9.17) is 14.7 Å². The van der Waals surface area contributed by atoms with E-state index in [1.165, 1.54) is 0 Å². The number of rotatable bonds is 3. The van der Waals surface area contributed by atoms with Gasteiger partial charge in [0.05, 0.1) is 17.2 Å². The Morgan fingerprint density at radius 3 is 2.82 bits per heavy atom. The molecule has 0 atom stereocenters. The quantitative estimate of drug-likeness (QED) is 0.815. The second-order valence-corrected chi connectivity index (χ2v) is 4.84. The van der Waals surface area contributed by atoms with E-state index in [1.54, 1.807) is 24.3 Å². The molecule has 0 aliphatic carbocycles. The molecule has 2 aromatic carbocycles. The van der Waals surface area contributed by atoms with Gasteiger partial charge in [-0.2, -0.15) is 5.26 Å². The van der Waals surface area contributed by atoms with Crippen LogP contribution in [0, 0.1) is 11.3 Å². The van der Waals surface area contributed by atoms with Crippen molar-refractivity contribution < 1.29 is 14.3 Å². The Balaban J connectivity index is 1.71. The van der Waals surface area contributed by atoms with Crippen LogP contribution in [0.15, 0.2) is 54.1 Å². The highest BCUT2D eigenvalue weighted by Crippen LogP contribution is 2.26. The number of carbonyl (C=O) groups excluding carboxylic acids is 1. The van der Waals surface area contributed by atoms with Crippen molar-refractivity contribution in [3.63, 3.8) is 0 Å². The molecule has 1 heterocycles. The third-order valence-corrected chi connectivity index (χ3v) is 3.39. The monoisotopic (exact) mass is 291 g/mol. The summed E-state index contributed by atoms with van der Waals surface area (Å²) in [5, 5.41) is 9.02. The highest BCUT2D eigenvalue weighted by Gasteiger charge is 2.18. The number of para-hydroxylation sites is 1. The zero-order chi connectivity index (χ0) is 15.4. The van der Waals surface area contributed by atoms with Gasteiger partial charge in [0, 0.05) is 11.1 Å². The number of esters is 1. The zero-order valence-corrected chi connectivity index (χ0v) is 11.8. The van der Waals surface area contributed by atoms with Gasteiger partial charge in [0.2, 0.25) is 0 Å². The highest BCUT2D eigenvalue weighted by molar-refractivity contribution is 5.95. The SMILES string of the molecule is N#Cc1ccccc1COC(=O)C1=Cc2ccccc2OC1. The Bertz CT molecular complexity index is 787. The lowest BCUT2D eigenvalue weighted by Crippen LogP contribution is -2.17. The van der Waals surface area contributed by atoms with Gasteiger partial charge in [-0.05, 0) is 18.2 Å². The maximum atomic E-state index is 12.1. The van der Waals surface area contributed by atoms with Crippen LogP contribution in [0.1, 0.15) is 16.7 Å². The number of nitriles is 1. The maximum Gasteiger partial charge on any atom is 0.337 e. The molecular formula is C18H13NO3. The molecule has 4 heteroatoms. The average molecular weight is 291 g/mol. The molecule has 0 saturated heterocycles. The van der Waals surface area contributed by atoms with Crippen LogP contribution in [0.5, 0.6) is 5.75 Å². The van der Waals surface area contributed by atoms with Crippen LogP contribution in [0.2, 0.25) is 0 Å². The number of carbonyl (C=O) groups is 1. The Morgan fingerprint density at radius 2 is 1.95 bits per heavy atom. The van der Waals surface area contributed by atoms with E-state index >= 15 is 0 Å². The molecule has 0 amide bonds. The molecule has 0 fully saturated rings. The third kappa shape index (κ3) is 2.84. The molecule has 0 saturated carbocycles. The topological polar surface area (TPSA) is 59.3 Å². The van der Waals surface area contributed by atoms with Crippen LogP contribution in [0.4, 0.5) is 0 Å². The van der Waals surface area contributed by atoms with E-state index in [2.05, 4.69) is 6.07 Å². The molecule has 108 valence electrons. The van der Waals surface area contributed by atoms with E-state index in [1.807, 2.05) is 30.3 Å². The number of ether oxygens (including phenoxy) is 2. The van der Waals surface area contributed by atoms with E-state index in [0.29, 0.717) is 16.7 Å². The number of nitrogens with zero attached hydrogens (tertiary/aromatic N) is 1. The van der Waals surface area contributed by atoms with Gasteiger partial charge < -0.3 is 9.47 Å². The van der Waals surface area contributed by atoms with Gasteiger partial charge in [0.1, 0.15) is 19.0 Å². The minimum Gasteiger partial charge on any atom is -0.488 e. The minimum absolute atomic E-state index is 0.0710. The Kier molecular flexibility index (Phi) is 3.88. The normalized spacial score (nSPS) is 12.4. The first-order valence-corrected chi connectivity index (χ1v) is 6.85. The Labute approximate surface area is 128 Å². The van der Waals surface area contributed by atoms with Crippen LogP contribution in [-0.4, -0.2) is 12.6 Å². The lowest BCUT2D eigenvalue weighted by atomic mass is 10.1. The molecule has 0 aromatic heterocycles. The summed E-state index contributed by atoms with van der Waals surface area (Å²) < 4.78 is 10.8. The summed E-state index contributed by atoms with van der Waals surface area (Å²) in [5.41, 5.74) is 2.52. The fraction of sp³-hybridized carbons (Fsp3) is 0.111. The van der Waals surface area contributed by atoms with E-state index in [-0.39, 0.29) is 13.2 Å². The van der Waals surface area contributed by atoms with Crippen LogP contribution in [0.25, 0.3) is 6.08 Å². The highest BCUT2D eigenvalue weighted by atomic mass is 16.5. The van der Waals surface area contributed by atoms with Crippen molar-refractivity contribution in [2.75, 3.05) is 6.61 Å². The van der Waals surface area contributed by atoms with Crippen molar-refractivity contribution >= 4 is 12.0 Å². The van der Waals surface area contributed by atoms with Crippen LogP contribution < -0.4 is 4.74 Å². The molecule has 0 bridgehead atoms. The van der Waals surface area contributed by atoms with Gasteiger partial charge in [-0.1, -0.05) is 36.4 Å². The predicted molar refractivity (Wildman–Crippen MR) is 80.9 cm³/mol. The van der Waals surface area contributed by atoms with Crippen LogP contribution in [0.3, 0.4) is 0 Å². The summed E-state index contributed by atoms with van der Waals surface area (Å²) in [6.07, 6.45) is 1.78. The first kappa shape index (κ1) is 13.9.